The van der Waals surface area contributed by atoms with Gasteiger partial charge in [0.05, 0.1) is 11.6 Å². The number of halogens is 4. The Morgan fingerprint density at radius 3 is 2.33 bits per heavy atom. The molecule has 0 heterocycles. The predicted octanol–water partition coefficient (Wildman–Crippen LogP) is 4.22. The van der Waals surface area contributed by atoms with E-state index >= 15 is 0 Å². The molecule has 3 N–H and O–H groups in total. The summed E-state index contributed by atoms with van der Waals surface area (Å²) < 4.78 is 38.4. The van der Waals surface area contributed by atoms with Crippen LogP contribution in [-0.2, 0) is 6.18 Å². The van der Waals surface area contributed by atoms with E-state index in [-0.39, 0.29) is 0 Å². The summed E-state index contributed by atoms with van der Waals surface area (Å²) >= 11 is 5.96. The van der Waals surface area contributed by atoms with E-state index in [1.807, 2.05) is 6.92 Å². The smallest absolute Gasteiger partial charge is 0.271 e. The average molecular weight is 315 g/mol. The quantitative estimate of drug-likeness (QED) is 0.657. The standard InChI is InChI=1S/C15H14ClF3N2/c1-9-7-11(5-6-13(9)16)14(21-20)10-3-2-4-12(8-10)15(17,18)19/h2-8,14,21H,20H2,1H3. The van der Waals surface area contributed by atoms with Crippen molar-refractivity contribution in [1.29, 1.82) is 0 Å². The molecule has 1 atom stereocenters. The number of nitrogens with two attached hydrogens (primary N) is 1. The second kappa shape index (κ2) is 6.05. The Bertz CT molecular complexity index is 641. The van der Waals surface area contributed by atoms with Gasteiger partial charge in [0.25, 0.3) is 0 Å². The Balaban J connectivity index is 2.44. The maximum absolute atomic E-state index is 12.8. The lowest BCUT2D eigenvalue weighted by molar-refractivity contribution is -0.137. The fourth-order valence-corrected chi connectivity index (χ4v) is 2.24. The zero-order valence-electron chi connectivity index (χ0n) is 11.2. The van der Waals surface area contributed by atoms with Crippen LogP contribution in [0, 0.1) is 6.92 Å². The molecule has 2 nitrogen and oxygen atoms in total. The maximum Gasteiger partial charge on any atom is 0.416 e. The number of hydrogen-bond acceptors (Lipinski definition) is 2. The molecule has 0 amide bonds. The van der Waals surface area contributed by atoms with Gasteiger partial charge in [0, 0.05) is 5.02 Å². The summed E-state index contributed by atoms with van der Waals surface area (Å²) in [6.07, 6.45) is -4.38. The number of hydrazine groups is 1. The van der Waals surface area contributed by atoms with Crippen molar-refractivity contribution < 1.29 is 13.2 Å². The number of nitrogens with one attached hydrogen (secondary N) is 1. The Labute approximate surface area is 125 Å². The van der Waals surface area contributed by atoms with Gasteiger partial charge in [-0.25, -0.2) is 5.43 Å². The molecule has 0 saturated heterocycles. The maximum atomic E-state index is 12.8. The topological polar surface area (TPSA) is 38.0 Å². The molecule has 2 aromatic carbocycles. The molecule has 0 fully saturated rings. The highest BCUT2D eigenvalue weighted by molar-refractivity contribution is 6.31. The molecule has 0 saturated carbocycles. The molecular formula is C15H14ClF3N2. The molecule has 6 heteroatoms. The number of rotatable bonds is 3. The molecule has 0 aliphatic heterocycles. The van der Waals surface area contributed by atoms with Crippen molar-refractivity contribution in [3.05, 3.63) is 69.7 Å². The van der Waals surface area contributed by atoms with Gasteiger partial charge in [-0.3, -0.25) is 5.84 Å². The number of aryl methyl sites for hydroxylation is 1. The SMILES string of the molecule is Cc1cc(C(NN)c2cccc(C(F)(F)F)c2)ccc1Cl. The van der Waals surface area contributed by atoms with Crippen LogP contribution in [0.1, 0.15) is 28.3 Å². The van der Waals surface area contributed by atoms with Gasteiger partial charge < -0.3 is 0 Å². The first kappa shape index (κ1) is 15.8. The molecule has 0 bridgehead atoms. The zero-order chi connectivity index (χ0) is 15.6. The van der Waals surface area contributed by atoms with Crippen LogP contribution in [0.3, 0.4) is 0 Å². The van der Waals surface area contributed by atoms with E-state index in [1.165, 1.54) is 6.07 Å². The lowest BCUT2D eigenvalue weighted by Gasteiger charge is -2.19. The Morgan fingerprint density at radius 2 is 1.76 bits per heavy atom. The third-order valence-electron chi connectivity index (χ3n) is 3.23. The Kier molecular flexibility index (Phi) is 4.56. The minimum Gasteiger partial charge on any atom is -0.271 e. The molecular weight excluding hydrogens is 301 g/mol. The van der Waals surface area contributed by atoms with Crippen LogP contribution >= 0.6 is 11.6 Å². The summed E-state index contributed by atoms with van der Waals surface area (Å²) in [6, 6.07) is 9.79. The van der Waals surface area contributed by atoms with E-state index in [2.05, 4.69) is 5.43 Å². The molecule has 2 rings (SSSR count). The van der Waals surface area contributed by atoms with Crippen molar-refractivity contribution in [1.82, 2.24) is 5.43 Å². The molecule has 2 aromatic rings. The number of benzene rings is 2. The van der Waals surface area contributed by atoms with Gasteiger partial charge in [-0.2, -0.15) is 13.2 Å². The average Bonchev–Trinajstić information content (AvgIpc) is 2.43. The highest BCUT2D eigenvalue weighted by atomic mass is 35.5. The summed E-state index contributed by atoms with van der Waals surface area (Å²) in [4.78, 5) is 0. The highest BCUT2D eigenvalue weighted by Crippen LogP contribution is 2.32. The van der Waals surface area contributed by atoms with Crippen LogP contribution in [0.25, 0.3) is 0 Å². The molecule has 0 aromatic heterocycles. The van der Waals surface area contributed by atoms with Crippen molar-refractivity contribution >= 4 is 11.6 Å². The zero-order valence-corrected chi connectivity index (χ0v) is 12.0. The first-order valence-corrected chi connectivity index (χ1v) is 6.60. The summed E-state index contributed by atoms with van der Waals surface area (Å²) in [5, 5.41) is 0.596. The monoisotopic (exact) mass is 314 g/mol. The first-order chi connectivity index (χ1) is 9.82. The van der Waals surface area contributed by atoms with Crippen LogP contribution in [0.2, 0.25) is 5.02 Å². The molecule has 0 aliphatic carbocycles. The minimum atomic E-state index is -4.38. The fraction of sp³-hybridized carbons (Fsp3) is 0.200. The van der Waals surface area contributed by atoms with Gasteiger partial charge in [-0.15, -0.1) is 0 Å². The van der Waals surface area contributed by atoms with Crippen molar-refractivity contribution in [2.24, 2.45) is 5.84 Å². The molecule has 1 unspecified atom stereocenters. The van der Waals surface area contributed by atoms with Gasteiger partial charge in [0.1, 0.15) is 0 Å². The van der Waals surface area contributed by atoms with Crippen LogP contribution < -0.4 is 11.3 Å². The van der Waals surface area contributed by atoms with Gasteiger partial charge in [0.2, 0.25) is 0 Å². The van der Waals surface area contributed by atoms with E-state index in [9.17, 15) is 13.2 Å². The molecule has 21 heavy (non-hydrogen) atoms. The number of hydrogen-bond donors (Lipinski definition) is 2. The lowest BCUT2D eigenvalue weighted by Crippen LogP contribution is -2.29. The largest absolute Gasteiger partial charge is 0.416 e. The molecule has 112 valence electrons. The summed E-state index contributed by atoms with van der Waals surface area (Å²) in [7, 11) is 0. The second-order valence-electron chi connectivity index (χ2n) is 4.73. The minimum absolute atomic E-state index is 0.439. The third-order valence-corrected chi connectivity index (χ3v) is 3.65. The van der Waals surface area contributed by atoms with Crippen molar-refractivity contribution in [3.63, 3.8) is 0 Å². The van der Waals surface area contributed by atoms with E-state index < -0.39 is 17.8 Å². The molecule has 0 radical (unpaired) electrons. The van der Waals surface area contributed by atoms with E-state index in [1.54, 1.807) is 24.3 Å². The highest BCUT2D eigenvalue weighted by Gasteiger charge is 2.31. The fourth-order valence-electron chi connectivity index (χ4n) is 2.13. The van der Waals surface area contributed by atoms with E-state index in [0.29, 0.717) is 10.6 Å². The predicted molar refractivity (Wildman–Crippen MR) is 76.8 cm³/mol. The number of alkyl halides is 3. The normalized spacial score (nSPS) is 13.2. The third kappa shape index (κ3) is 3.56. The van der Waals surface area contributed by atoms with Crippen molar-refractivity contribution in [2.45, 2.75) is 19.1 Å². The van der Waals surface area contributed by atoms with Gasteiger partial charge in [-0.1, -0.05) is 35.9 Å². The van der Waals surface area contributed by atoms with E-state index in [0.717, 1.165) is 23.3 Å². The van der Waals surface area contributed by atoms with Crippen LogP contribution in [0.15, 0.2) is 42.5 Å². The van der Waals surface area contributed by atoms with Crippen LogP contribution in [0.5, 0.6) is 0 Å². The molecule has 0 aliphatic rings. The van der Waals surface area contributed by atoms with Crippen molar-refractivity contribution in [3.8, 4) is 0 Å². The van der Waals surface area contributed by atoms with Crippen LogP contribution in [0.4, 0.5) is 13.2 Å². The summed E-state index contributed by atoms with van der Waals surface area (Å²) in [5.41, 5.74) is 3.87. The van der Waals surface area contributed by atoms with E-state index in [4.69, 9.17) is 17.4 Å². The second-order valence-corrected chi connectivity index (χ2v) is 5.14. The summed E-state index contributed by atoms with van der Waals surface area (Å²) in [6.45, 7) is 1.82. The van der Waals surface area contributed by atoms with Gasteiger partial charge in [-0.05, 0) is 41.8 Å². The Hall–Kier alpha value is -1.56. The lowest BCUT2D eigenvalue weighted by atomic mass is 9.96. The Morgan fingerprint density at radius 1 is 1.10 bits per heavy atom. The van der Waals surface area contributed by atoms with Crippen molar-refractivity contribution in [2.75, 3.05) is 0 Å². The van der Waals surface area contributed by atoms with Gasteiger partial charge >= 0.3 is 6.18 Å². The summed E-state index contributed by atoms with van der Waals surface area (Å²) in [5.74, 6) is 5.52. The first-order valence-electron chi connectivity index (χ1n) is 6.22. The van der Waals surface area contributed by atoms with Crippen LogP contribution in [-0.4, -0.2) is 0 Å². The van der Waals surface area contributed by atoms with Gasteiger partial charge in [0.15, 0.2) is 0 Å². The molecule has 0 spiro atoms.